The normalized spacial score (nSPS) is 9.62. The smallest absolute Gasteiger partial charge is 0.251 e. The van der Waals surface area contributed by atoms with E-state index in [1.165, 1.54) is 0 Å². The molecular formula is C11H15N3O2. The Balaban J connectivity index is 2.74. The lowest BCUT2D eigenvalue weighted by Crippen LogP contribution is -2.19. The lowest BCUT2D eigenvalue weighted by molar-refractivity contribution is -0.116. The van der Waals surface area contributed by atoms with Gasteiger partial charge in [-0.1, -0.05) is 6.07 Å². The summed E-state index contributed by atoms with van der Waals surface area (Å²) in [7, 11) is 1.56. The first kappa shape index (κ1) is 12.2. The van der Waals surface area contributed by atoms with Crippen molar-refractivity contribution in [3.8, 4) is 0 Å². The molecule has 1 rings (SSSR count). The largest absolute Gasteiger partial charge is 0.355 e. The van der Waals surface area contributed by atoms with Crippen LogP contribution in [-0.4, -0.2) is 25.4 Å². The molecule has 0 aromatic heterocycles. The molecule has 0 spiro atoms. The van der Waals surface area contributed by atoms with Crippen molar-refractivity contribution in [2.75, 3.05) is 18.9 Å². The second-order valence-corrected chi connectivity index (χ2v) is 3.25. The average Bonchev–Trinajstić information content (AvgIpc) is 2.28. The van der Waals surface area contributed by atoms with E-state index in [1.54, 1.807) is 31.3 Å². The van der Waals surface area contributed by atoms with Gasteiger partial charge in [0.2, 0.25) is 5.91 Å². The van der Waals surface area contributed by atoms with Gasteiger partial charge in [-0.2, -0.15) is 0 Å². The summed E-state index contributed by atoms with van der Waals surface area (Å²) < 4.78 is 0. The molecule has 2 amide bonds. The Morgan fingerprint density at radius 2 is 2.12 bits per heavy atom. The minimum Gasteiger partial charge on any atom is -0.355 e. The quantitative estimate of drug-likeness (QED) is 0.685. The zero-order valence-electron chi connectivity index (χ0n) is 9.12. The molecule has 0 aliphatic carbocycles. The van der Waals surface area contributed by atoms with Gasteiger partial charge in [0.25, 0.3) is 5.91 Å². The van der Waals surface area contributed by atoms with Gasteiger partial charge in [0, 0.05) is 31.3 Å². The molecule has 0 saturated heterocycles. The predicted octanol–water partition coefficient (Wildman–Crippen LogP) is 0.334. The van der Waals surface area contributed by atoms with E-state index in [9.17, 15) is 9.59 Å². The van der Waals surface area contributed by atoms with Gasteiger partial charge in [0.1, 0.15) is 0 Å². The van der Waals surface area contributed by atoms with Crippen LogP contribution in [0.5, 0.6) is 0 Å². The summed E-state index contributed by atoms with van der Waals surface area (Å²) in [5, 5.41) is 5.18. The molecule has 16 heavy (non-hydrogen) atoms. The van der Waals surface area contributed by atoms with Crippen LogP contribution in [0.4, 0.5) is 5.69 Å². The van der Waals surface area contributed by atoms with E-state index in [2.05, 4.69) is 10.6 Å². The van der Waals surface area contributed by atoms with Crippen molar-refractivity contribution >= 4 is 17.5 Å². The molecular weight excluding hydrogens is 206 g/mol. The molecule has 86 valence electrons. The van der Waals surface area contributed by atoms with Crippen LogP contribution in [0.1, 0.15) is 16.8 Å². The number of carbonyl (C=O) groups is 2. The van der Waals surface area contributed by atoms with Crippen molar-refractivity contribution in [3.63, 3.8) is 0 Å². The fraction of sp³-hybridized carbons (Fsp3) is 0.273. The highest BCUT2D eigenvalue weighted by atomic mass is 16.2. The van der Waals surface area contributed by atoms with Crippen molar-refractivity contribution in [1.29, 1.82) is 0 Å². The molecule has 1 aromatic rings. The van der Waals surface area contributed by atoms with Gasteiger partial charge in [-0.05, 0) is 18.2 Å². The highest BCUT2D eigenvalue weighted by Crippen LogP contribution is 2.10. The Kier molecular flexibility index (Phi) is 4.47. The van der Waals surface area contributed by atoms with Crippen molar-refractivity contribution < 1.29 is 9.59 Å². The van der Waals surface area contributed by atoms with E-state index < -0.39 is 0 Å². The van der Waals surface area contributed by atoms with Crippen LogP contribution in [0.15, 0.2) is 24.3 Å². The Morgan fingerprint density at radius 3 is 2.75 bits per heavy atom. The van der Waals surface area contributed by atoms with Gasteiger partial charge >= 0.3 is 0 Å². The summed E-state index contributed by atoms with van der Waals surface area (Å²) in [5.74, 6) is -0.341. The number of anilines is 1. The number of amides is 2. The van der Waals surface area contributed by atoms with Crippen LogP contribution in [-0.2, 0) is 4.79 Å². The van der Waals surface area contributed by atoms with Crippen molar-refractivity contribution in [2.24, 2.45) is 5.73 Å². The molecule has 1 aromatic carbocycles. The summed E-state index contributed by atoms with van der Waals surface area (Å²) in [5.41, 5.74) is 6.36. The highest BCUT2D eigenvalue weighted by molar-refractivity contribution is 5.97. The van der Waals surface area contributed by atoms with Crippen LogP contribution < -0.4 is 16.4 Å². The second kappa shape index (κ2) is 5.87. The molecule has 0 radical (unpaired) electrons. The topological polar surface area (TPSA) is 84.2 Å². The number of hydrogen-bond donors (Lipinski definition) is 3. The third-order valence-electron chi connectivity index (χ3n) is 2.01. The maximum absolute atomic E-state index is 11.3. The minimum atomic E-state index is -0.185. The second-order valence-electron chi connectivity index (χ2n) is 3.25. The molecule has 5 nitrogen and oxygen atoms in total. The zero-order valence-corrected chi connectivity index (χ0v) is 9.12. The molecule has 0 aliphatic rings. The number of rotatable bonds is 4. The number of nitrogens with two attached hydrogens (primary N) is 1. The SMILES string of the molecule is CNC(=O)c1cccc(NC(=O)CCN)c1. The van der Waals surface area contributed by atoms with Crippen molar-refractivity contribution in [2.45, 2.75) is 6.42 Å². The summed E-state index contributed by atoms with van der Waals surface area (Å²) in [6.45, 7) is 0.307. The van der Waals surface area contributed by atoms with E-state index in [1.807, 2.05) is 0 Å². The molecule has 0 saturated carbocycles. The van der Waals surface area contributed by atoms with Crippen molar-refractivity contribution in [1.82, 2.24) is 5.32 Å². The van der Waals surface area contributed by atoms with E-state index in [4.69, 9.17) is 5.73 Å². The number of benzene rings is 1. The van der Waals surface area contributed by atoms with Gasteiger partial charge in [-0.3, -0.25) is 9.59 Å². The van der Waals surface area contributed by atoms with Crippen LogP contribution in [0.25, 0.3) is 0 Å². The molecule has 0 aliphatic heterocycles. The van der Waals surface area contributed by atoms with Crippen LogP contribution in [0.2, 0.25) is 0 Å². The molecule has 0 bridgehead atoms. The summed E-state index contributed by atoms with van der Waals surface area (Å²) >= 11 is 0. The van der Waals surface area contributed by atoms with Crippen LogP contribution in [0, 0.1) is 0 Å². The van der Waals surface area contributed by atoms with E-state index >= 15 is 0 Å². The maximum atomic E-state index is 11.3. The van der Waals surface area contributed by atoms with Crippen LogP contribution in [0.3, 0.4) is 0 Å². The maximum Gasteiger partial charge on any atom is 0.251 e. The first-order valence-electron chi connectivity index (χ1n) is 4.99. The average molecular weight is 221 g/mol. The van der Waals surface area contributed by atoms with Gasteiger partial charge in [0.15, 0.2) is 0 Å². The molecule has 5 heteroatoms. The third kappa shape index (κ3) is 3.36. The van der Waals surface area contributed by atoms with Gasteiger partial charge in [-0.15, -0.1) is 0 Å². The number of nitrogens with one attached hydrogen (secondary N) is 2. The molecule has 0 unspecified atom stereocenters. The molecule has 0 atom stereocenters. The first-order chi connectivity index (χ1) is 7.67. The van der Waals surface area contributed by atoms with E-state index in [0.717, 1.165) is 0 Å². The fourth-order valence-electron chi connectivity index (χ4n) is 1.24. The Hall–Kier alpha value is -1.88. The highest BCUT2D eigenvalue weighted by Gasteiger charge is 2.05. The predicted molar refractivity (Wildman–Crippen MR) is 62.1 cm³/mol. The third-order valence-corrected chi connectivity index (χ3v) is 2.01. The van der Waals surface area contributed by atoms with Crippen LogP contribution >= 0.6 is 0 Å². The van der Waals surface area contributed by atoms with E-state index in [-0.39, 0.29) is 18.2 Å². The lowest BCUT2D eigenvalue weighted by atomic mass is 10.2. The van der Waals surface area contributed by atoms with Gasteiger partial charge in [0.05, 0.1) is 0 Å². The minimum absolute atomic E-state index is 0.156. The zero-order chi connectivity index (χ0) is 12.0. The Labute approximate surface area is 94.0 Å². The van der Waals surface area contributed by atoms with Crippen molar-refractivity contribution in [3.05, 3.63) is 29.8 Å². The standard InChI is InChI=1S/C11H15N3O2/c1-13-11(16)8-3-2-4-9(7-8)14-10(15)5-6-12/h2-4,7H,5-6,12H2,1H3,(H,13,16)(H,14,15). The van der Waals surface area contributed by atoms with Gasteiger partial charge in [-0.25, -0.2) is 0 Å². The number of carbonyl (C=O) groups excluding carboxylic acids is 2. The van der Waals surface area contributed by atoms with E-state index in [0.29, 0.717) is 17.8 Å². The first-order valence-corrected chi connectivity index (χ1v) is 4.99. The Morgan fingerprint density at radius 1 is 1.38 bits per heavy atom. The molecule has 4 N–H and O–H groups in total. The molecule has 0 heterocycles. The van der Waals surface area contributed by atoms with Gasteiger partial charge < -0.3 is 16.4 Å². The fourth-order valence-corrected chi connectivity index (χ4v) is 1.24. The summed E-state index contributed by atoms with van der Waals surface area (Å²) in [4.78, 5) is 22.6. The number of hydrogen-bond acceptors (Lipinski definition) is 3. The lowest BCUT2D eigenvalue weighted by Gasteiger charge is -2.06. The summed E-state index contributed by atoms with van der Waals surface area (Å²) in [6.07, 6.45) is 0.268. The summed E-state index contributed by atoms with van der Waals surface area (Å²) in [6, 6.07) is 6.73. The molecule has 0 fully saturated rings. The Bertz CT molecular complexity index is 391. The monoisotopic (exact) mass is 221 g/mol.